The van der Waals surface area contributed by atoms with Crippen molar-refractivity contribution < 1.29 is 9.47 Å². The normalized spacial score (nSPS) is 15.5. The number of hydrogen-bond donors (Lipinski definition) is 0. The minimum absolute atomic E-state index is 0.223. The van der Waals surface area contributed by atoms with Gasteiger partial charge in [-0.25, -0.2) is 9.67 Å². The summed E-state index contributed by atoms with van der Waals surface area (Å²) in [5.41, 5.74) is 0.465. The molecular formula is C13H14N6O2S. The van der Waals surface area contributed by atoms with Gasteiger partial charge in [-0.15, -0.1) is 5.10 Å². The molecule has 0 N–H and O–H groups in total. The van der Waals surface area contributed by atoms with E-state index in [2.05, 4.69) is 26.6 Å². The van der Waals surface area contributed by atoms with Crippen LogP contribution in [0, 0.1) is 11.3 Å². The Bertz CT molecular complexity index is 692. The summed E-state index contributed by atoms with van der Waals surface area (Å²) in [6.45, 7) is 1.42. The molecule has 1 aliphatic heterocycles. The molecule has 0 spiro atoms. The van der Waals surface area contributed by atoms with Gasteiger partial charge in [0.25, 0.3) is 0 Å². The van der Waals surface area contributed by atoms with Gasteiger partial charge >= 0.3 is 0 Å². The lowest BCUT2D eigenvalue weighted by Crippen LogP contribution is -2.21. The predicted octanol–water partition coefficient (Wildman–Crippen LogP) is 1.45. The van der Waals surface area contributed by atoms with E-state index in [1.165, 1.54) is 25.1 Å². The van der Waals surface area contributed by atoms with E-state index in [9.17, 15) is 5.26 Å². The Balaban J connectivity index is 1.88. The van der Waals surface area contributed by atoms with Crippen molar-refractivity contribution in [2.75, 3.05) is 20.3 Å². The quantitative estimate of drug-likeness (QED) is 0.835. The van der Waals surface area contributed by atoms with Gasteiger partial charge in [0.2, 0.25) is 11.0 Å². The first kappa shape index (κ1) is 14.7. The summed E-state index contributed by atoms with van der Waals surface area (Å²) in [5.74, 6) is 0.451. The maximum atomic E-state index is 9.21. The molecule has 0 aromatic carbocycles. The Morgan fingerprint density at radius 2 is 2.27 bits per heavy atom. The molecule has 22 heavy (non-hydrogen) atoms. The molecule has 3 heterocycles. The SMILES string of the molecule is COc1cc(Sc2nnnn2C2CCOCC2)c(C#N)cn1. The van der Waals surface area contributed by atoms with Gasteiger partial charge in [-0.3, -0.25) is 0 Å². The van der Waals surface area contributed by atoms with Crippen molar-refractivity contribution in [2.24, 2.45) is 0 Å². The molecule has 0 aliphatic carbocycles. The number of nitrogens with zero attached hydrogens (tertiary/aromatic N) is 6. The van der Waals surface area contributed by atoms with Gasteiger partial charge in [-0.05, 0) is 35.0 Å². The highest BCUT2D eigenvalue weighted by atomic mass is 32.2. The number of ether oxygens (including phenoxy) is 2. The minimum Gasteiger partial charge on any atom is -0.481 e. The maximum Gasteiger partial charge on any atom is 0.214 e. The smallest absolute Gasteiger partial charge is 0.214 e. The lowest BCUT2D eigenvalue weighted by atomic mass is 10.1. The molecule has 0 bridgehead atoms. The number of hydrogen-bond acceptors (Lipinski definition) is 8. The number of pyridine rings is 1. The third kappa shape index (κ3) is 3.03. The zero-order valence-corrected chi connectivity index (χ0v) is 12.8. The monoisotopic (exact) mass is 318 g/mol. The number of nitriles is 1. The Morgan fingerprint density at radius 1 is 1.45 bits per heavy atom. The minimum atomic E-state index is 0.223. The summed E-state index contributed by atoms with van der Waals surface area (Å²) >= 11 is 1.34. The molecular weight excluding hydrogens is 304 g/mol. The maximum absolute atomic E-state index is 9.21. The van der Waals surface area contributed by atoms with E-state index >= 15 is 0 Å². The highest BCUT2D eigenvalue weighted by Gasteiger charge is 2.22. The van der Waals surface area contributed by atoms with Crippen LogP contribution in [-0.4, -0.2) is 45.5 Å². The van der Waals surface area contributed by atoms with Crippen LogP contribution in [-0.2, 0) is 4.74 Å². The summed E-state index contributed by atoms with van der Waals surface area (Å²) in [6.07, 6.45) is 3.25. The molecule has 1 fully saturated rings. The van der Waals surface area contributed by atoms with Crippen LogP contribution < -0.4 is 4.74 Å². The van der Waals surface area contributed by atoms with Gasteiger partial charge < -0.3 is 9.47 Å². The second-order valence-electron chi connectivity index (χ2n) is 4.69. The van der Waals surface area contributed by atoms with Crippen LogP contribution in [0.15, 0.2) is 22.3 Å². The van der Waals surface area contributed by atoms with E-state index in [1.54, 1.807) is 10.7 Å². The molecule has 1 aliphatic rings. The van der Waals surface area contributed by atoms with E-state index in [-0.39, 0.29) is 6.04 Å². The summed E-state index contributed by atoms with van der Waals surface area (Å²) in [4.78, 5) is 4.76. The fourth-order valence-electron chi connectivity index (χ4n) is 2.21. The molecule has 114 valence electrons. The second-order valence-corrected chi connectivity index (χ2v) is 5.70. The van der Waals surface area contributed by atoms with Crippen molar-refractivity contribution in [3.63, 3.8) is 0 Å². The molecule has 0 saturated carbocycles. The molecule has 2 aromatic rings. The van der Waals surface area contributed by atoms with Crippen molar-refractivity contribution in [3.8, 4) is 11.9 Å². The highest BCUT2D eigenvalue weighted by molar-refractivity contribution is 7.99. The number of rotatable bonds is 4. The number of methoxy groups -OCH3 is 1. The largest absolute Gasteiger partial charge is 0.481 e. The average Bonchev–Trinajstić information content (AvgIpc) is 3.03. The topological polar surface area (TPSA) is 98.7 Å². The number of tetrazole rings is 1. The van der Waals surface area contributed by atoms with Crippen LogP contribution >= 0.6 is 11.8 Å². The van der Waals surface area contributed by atoms with Crippen molar-refractivity contribution in [1.29, 1.82) is 5.26 Å². The first-order valence-corrected chi connectivity index (χ1v) is 7.61. The predicted molar refractivity (Wildman–Crippen MR) is 76.5 cm³/mol. The zero-order chi connectivity index (χ0) is 15.4. The Labute approximate surface area is 131 Å². The first-order chi connectivity index (χ1) is 10.8. The third-order valence-electron chi connectivity index (χ3n) is 3.37. The van der Waals surface area contributed by atoms with Crippen molar-refractivity contribution in [1.82, 2.24) is 25.2 Å². The van der Waals surface area contributed by atoms with E-state index in [0.717, 1.165) is 17.7 Å². The molecule has 9 heteroatoms. The van der Waals surface area contributed by atoms with E-state index in [0.29, 0.717) is 29.8 Å². The summed E-state index contributed by atoms with van der Waals surface area (Å²) in [5, 5.41) is 21.8. The average molecular weight is 318 g/mol. The number of aromatic nitrogens is 5. The fraction of sp³-hybridized carbons (Fsp3) is 0.462. The molecule has 2 aromatic heterocycles. The van der Waals surface area contributed by atoms with E-state index in [4.69, 9.17) is 9.47 Å². The molecule has 0 atom stereocenters. The molecule has 3 rings (SSSR count). The molecule has 8 nitrogen and oxygen atoms in total. The Kier molecular flexibility index (Phi) is 4.50. The zero-order valence-electron chi connectivity index (χ0n) is 12.0. The van der Waals surface area contributed by atoms with Crippen molar-refractivity contribution in [2.45, 2.75) is 28.9 Å². The molecule has 0 radical (unpaired) electrons. The molecule has 0 amide bonds. The highest BCUT2D eigenvalue weighted by Crippen LogP contribution is 2.33. The van der Waals surface area contributed by atoms with Gasteiger partial charge in [-0.2, -0.15) is 5.26 Å². The van der Waals surface area contributed by atoms with E-state index in [1.807, 2.05) is 0 Å². The molecule has 0 unspecified atom stereocenters. The third-order valence-corrected chi connectivity index (χ3v) is 4.38. The van der Waals surface area contributed by atoms with Crippen LogP contribution in [0.2, 0.25) is 0 Å². The first-order valence-electron chi connectivity index (χ1n) is 6.79. The van der Waals surface area contributed by atoms with Gasteiger partial charge in [-0.1, -0.05) is 0 Å². The summed E-state index contributed by atoms with van der Waals surface area (Å²) in [7, 11) is 1.54. The summed E-state index contributed by atoms with van der Waals surface area (Å²) < 4.78 is 12.3. The van der Waals surface area contributed by atoms with Crippen LogP contribution in [0.1, 0.15) is 24.4 Å². The van der Waals surface area contributed by atoms with E-state index < -0.39 is 0 Å². The van der Waals surface area contributed by atoms with Gasteiger partial charge in [0.05, 0.1) is 18.7 Å². The van der Waals surface area contributed by atoms with Gasteiger partial charge in [0.15, 0.2) is 0 Å². The Hall–Kier alpha value is -2.18. The lowest BCUT2D eigenvalue weighted by molar-refractivity contribution is 0.0631. The van der Waals surface area contributed by atoms with Crippen LogP contribution in [0.3, 0.4) is 0 Å². The van der Waals surface area contributed by atoms with Crippen LogP contribution in [0.4, 0.5) is 0 Å². The summed E-state index contributed by atoms with van der Waals surface area (Å²) in [6, 6.07) is 4.06. The standard InChI is InChI=1S/C13H14N6O2S/c1-20-12-6-11(9(7-14)8-15-12)22-13-16-17-18-19(13)10-2-4-21-5-3-10/h6,8,10H,2-5H2,1H3. The van der Waals surface area contributed by atoms with Gasteiger partial charge in [0, 0.05) is 30.4 Å². The lowest BCUT2D eigenvalue weighted by Gasteiger charge is -2.22. The van der Waals surface area contributed by atoms with Gasteiger partial charge in [0.1, 0.15) is 6.07 Å². The van der Waals surface area contributed by atoms with Crippen LogP contribution in [0.5, 0.6) is 5.88 Å². The van der Waals surface area contributed by atoms with Crippen LogP contribution in [0.25, 0.3) is 0 Å². The second kappa shape index (κ2) is 6.72. The Morgan fingerprint density at radius 3 is 3.00 bits per heavy atom. The fourth-order valence-corrected chi connectivity index (χ4v) is 3.13. The van der Waals surface area contributed by atoms with Crippen molar-refractivity contribution >= 4 is 11.8 Å². The van der Waals surface area contributed by atoms with Crippen molar-refractivity contribution in [3.05, 3.63) is 17.8 Å². The molecule has 1 saturated heterocycles.